The Labute approximate surface area is 156 Å². The van der Waals surface area contributed by atoms with Gasteiger partial charge >= 0.3 is 12.2 Å². The number of furan rings is 1. The van der Waals surface area contributed by atoms with Crippen molar-refractivity contribution in [2.75, 3.05) is 11.9 Å². The molecule has 1 aromatic carbocycles. The van der Waals surface area contributed by atoms with Crippen LogP contribution in [0.2, 0.25) is 0 Å². The van der Waals surface area contributed by atoms with Gasteiger partial charge in [0.25, 0.3) is 0 Å². The van der Waals surface area contributed by atoms with E-state index >= 15 is 0 Å². The van der Waals surface area contributed by atoms with Gasteiger partial charge in [0.15, 0.2) is 5.60 Å². The van der Waals surface area contributed by atoms with Crippen LogP contribution >= 0.6 is 11.3 Å². The molecule has 3 aromatic rings. The van der Waals surface area contributed by atoms with Gasteiger partial charge in [-0.2, -0.15) is 13.2 Å². The van der Waals surface area contributed by atoms with Crippen LogP contribution in [0.25, 0.3) is 0 Å². The van der Waals surface area contributed by atoms with Crippen molar-refractivity contribution in [3.63, 3.8) is 0 Å². The van der Waals surface area contributed by atoms with Gasteiger partial charge < -0.3 is 20.2 Å². The number of carbonyl (C=O) groups excluding carboxylic acids is 1. The highest BCUT2D eigenvalue weighted by atomic mass is 32.1. The Morgan fingerprint density at radius 1 is 1.11 bits per heavy atom. The maximum absolute atomic E-state index is 13.0. The summed E-state index contributed by atoms with van der Waals surface area (Å²) in [4.78, 5) is 12.7. The predicted molar refractivity (Wildman–Crippen MR) is 94.5 cm³/mol. The molecule has 0 aliphatic carbocycles. The minimum Gasteiger partial charge on any atom is -0.466 e. The molecule has 1 atom stereocenters. The van der Waals surface area contributed by atoms with Crippen LogP contribution in [-0.2, 0) is 11.8 Å². The third-order valence-corrected chi connectivity index (χ3v) is 4.86. The molecule has 0 aliphatic rings. The molecule has 0 aliphatic heterocycles. The maximum atomic E-state index is 13.0. The summed E-state index contributed by atoms with van der Waals surface area (Å²) in [6.07, 6.45) is -3.22. The van der Waals surface area contributed by atoms with E-state index in [1.165, 1.54) is 29.7 Å². The zero-order chi connectivity index (χ0) is 19.5. The number of hydrogen-bond donors (Lipinski definition) is 3. The largest absolute Gasteiger partial charge is 0.466 e. The first-order valence-corrected chi connectivity index (χ1v) is 8.70. The normalized spacial score (nSPS) is 13.8. The molecule has 0 fully saturated rings. The van der Waals surface area contributed by atoms with Crippen LogP contribution in [0.15, 0.2) is 64.6 Å². The van der Waals surface area contributed by atoms with Gasteiger partial charge in [0.05, 0.1) is 24.1 Å². The van der Waals surface area contributed by atoms with E-state index in [0.29, 0.717) is 4.88 Å². The molecule has 0 radical (unpaired) electrons. The van der Waals surface area contributed by atoms with Gasteiger partial charge in [-0.25, -0.2) is 4.79 Å². The quantitative estimate of drug-likeness (QED) is 0.598. The SMILES string of the molecule is O=C(NCC(O)(c1ccco1)c1cccs1)Nc1ccccc1C(F)(F)F. The molecule has 3 rings (SSSR count). The van der Waals surface area contributed by atoms with Gasteiger partial charge in [0, 0.05) is 4.88 Å². The molecule has 0 saturated carbocycles. The lowest BCUT2D eigenvalue weighted by Gasteiger charge is -2.25. The first-order chi connectivity index (χ1) is 12.8. The van der Waals surface area contributed by atoms with E-state index < -0.39 is 23.4 Å². The second-order valence-corrected chi connectivity index (χ2v) is 6.61. The van der Waals surface area contributed by atoms with E-state index in [4.69, 9.17) is 4.42 Å². The van der Waals surface area contributed by atoms with E-state index in [1.807, 2.05) is 0 Å². The van der Waals surface area contributed by atoms with E-state index in [2.05, 4.69) is 10.6 Å². The monoisotopic (exact) mass is 396 g/mol. The van der Waals surface area contributed by atoms with E-state index in [9.17, 15) is 23.1 Å². The summed E-state index contributed by atoms with van der Waals surface area (Å²) in [7, 11) is 0. The summed E-state index contributed by atoms with van der Waals surface area (Å²) in [5.74, 6) is 0.209. The number of carbonyl (C=O) groups is 1. The van der Waals surface area contributed by atoms with Crippen molar-refractivity contribution in [1.82, 2.24) is 5.32 Å². The average molecular weight is 396 g/mol. The Morgan fingerprint density at radius 2 is 1.89 bits per heavy atom. The zero-order valence-electron chi connectivity index (χ0n) is 13.8. The van der Waals surface area contributed by atoms with Crippen LogP contribution in [0, 0.1) is 0 Å². The minimum atomic E-state index is -4.60. The standard InChI is InChI=1S/C18H15F3N2O3S/c19-18(20,21)12-5-1-2-6-13(12)23-16(24)22-11-17(25,14-7-3-9-26-14)15-8-4-10-27-15/h1-10,25H,11H2,(H2,22,23,24). The third-order valence-electron chi connectivity index (χ3n) is 3.84. The van der Waals surface area contributed by atoms with Crippen LogP contribution in [0.4, 0.5) is 23.7 Å². The fourth-order valence-electron chi connectivity index (χ4n) is 2.54. The van der Waals surface area contributed by atoms with Crippen molar-refractivity contribution in [2.24, 2.45) is 0 Å². The molecular formula is C18H15F3N2O3S. The average Bonchev–Trinajstić information content (AvgIpc) is 3.33. The smallest absolute Gasteiger partial charge is 0.418 e. The highest BCUT2D eigenvalue weighted by molar-refractivity contribution is 7.10. The van der Waals surface area contributed by atoms with Gasteiger partial charge in [-0.15, -0.1) is 11.3 Å². The molecule has 0 saturated heterocycles. The highest BCUT2D eigenvalue weighted by Crippen LogP contribution is 2.35. The molecule has 9 heteroatoms. The second-order valence-electron chi connectivity index (χ2n) is 5.67. The van der Waals surface area contributed by atoms with Crippen molar-refractivity contribution in [3.05, 3.63) is 76.4 Å². The summed E-state index contributed by atoms with van der Waals surface area (Å²) in [6, 6.07) is 10.3. The Kier molecular flexibility index (Phi) is 5.24. The molecule has 2 amide bonds. The fourth-order valence-corrected chi connectivity index (χ4v) is 3.37. The number of halogens is 3. The number of hydrogen-bond acceptors (Lipinski definition) is 4. The number of anilines is 1. The molecule has 2 aromatic heterocycles. The number of aliphatic hydroxyl groups is 1. The predicted octanol–water partition coefficient (Wildman–Crippen LogP) is 4.42. The van der Waals surface area contributed by atoms with Crippen molar-refractivity contribution in [1.29, 1.82) is 0 Å². The van der Waals surface area contributed by atoms with Crippen molar-refractivity contribution in [2.45, 2.75) is 11.8 Å². The van der Waals surface area contributed by atoms with E-state index in [-0.39, 0.29) is 18.0 Å². The van der Waals surface area contributed by atoms with E-state index in [0.717, 1.165) is 12.1 Å². The Bertz CT molecular complexity index is 859. The maximum Gasteiger partial charge on any atom is 0.418 e. The number of alkyl halides is 3. The molecule has 0 spiro atoms. The van der Waals surface area contributed by atoms with Crippen molar-refractivity contribution < 1.29 is 27.5 Å². The molecule has 0 bridgehead atoms. The summed E-state index contributed by atoms with van der Waals surface area (Å²) >= 11 is 1.26. The van der Waals surface area contributed by atoms with Crippen molar-refractivity contribution in [3.8, 4) is 0 Å². The Balaban J connectivity index is 1.75. The minimum absolute atomic E-state index is 0.209. The van der Waals surface area contributed by atoms with Gasteiger partial charge in [0.2, 0.25) is 0 Å². The molecule has 27 heavy (non-hydrogen) atoms. The summed E-state index contributed by atoms with van der Waals surface area (Å²) in [6.45, 7) is -0.291. The van der Waals surface area contributed by atoms with E-state index in [1.54, 1.807) is 29.6 Å². The topological polar surface area (TPSA) is 74.5 Å². The molecule has 2 heterocycles. The number of urea groups is 1. The van der Waals surface area contributed by atoms with Crippen LogP contribution < -0.4 is 10.6 Å². The first kappa shape index (κ1) is 19.0. The number of benzene rings is 1. The van der Waals surface area contributed by atoms with Crippen LogP contribution in [0.5, 0.6) is 0 Å². The highest BCUT2D eigenvalue weighted by Gasteiger charge is 2.37. The molecule has 142 valence electrons. The van der Waals surface area contributed by atoms with Gasteiger partial charge in [-0.3, -0.25) is 0 Å². The summed E-state index contributed by atoms with van der Waals surface area (Å²) < 4.78 is 44.3. The molecule has 3 N–H and O–H groups in total. The van der Waals surface area contributed by atoms with Gasteiger partial charge in [-0.1, -0.05) is 18.2 Å². The summed E-state index contributed by atoms with van der Waals surface area (Å²) in [5, 5.41) is 17.4. The Morgan fingerprint density at radius 3 is 2.52 bits per heavy atom. The molecular weight excluding hydrogens is 381 g/mol. The second kappa shape index (κ2) is 7.45. The lowest BCUT2D eigenvalue weighted by Crippen LogP contribution is -2.42. The lowest BCUT2D eigenvalue weighted by atomic mass is 9.98. The fraction of sp³-hybridized carbons (Fsp3) is 0.167. The van der Waals surface area contributed by atoms with Crippen LogP contribution in [-0.4, -0.2) is 17.7 Å². The van der Waals surface area contributed by atoms with Gasteiger partial charge in [-0.05, 0) is 35.7 Å². The lowest BCUT2D eigenvalue weighted by molar-refractivity contribution is -0.136. The number of nitrogens with one attached hydrogen (secondary N) is 2. The number of amides is 2. The van der Waals surface area contributed by atoms with Crippen LogP contribution in [0.1, 0.15) is 16.2 Å². The number of rotatable bonds is 5. The first-order valence-electron chi connectivity index (χ1n) is 7.82. The zero-order valence-corrected chi connectivity index (χ0v) is 14.6. The molecule has 5 nitrogen and oxygen atoms in total. The summed E-state index contributed by atoms with van der Waals surface area (Å²) in [5.41, 5.74) is -2.97. The third kappa shape index (κ3) is 4.15. The Hall–Kier alpha value is -2.78. The van der Waals surface area contributed by atoms with Crippen molar-refractivity contribution >= 4 is 23.1 Å². The number of para-hydroxylation sites is 1. The molecule has 1 unspecified atom stereocenters. The number of thiophene rings is 1. The van der Waals surface area contributed by atoms with Crippen LogP contribution in [0.3, 0.4) is 0 Å². The van der Waals surface area contributed by atoms with Gasteiger partial charge in [0.1, 0.15) is 5.76 Å².